The molecule has 6 heteroatoms. The van der Waals surface area contributed by atoms with Gasteiger partial charge in [0.25, 0.3) is 0 Å². The average Bonchev–Trinajstić information content (AvgIpc) is 3.30. The average molecular weight is 911 g/mol. The summed E-state index contributed by atoms with van der Waals surface area (Å²) in [5, 5.41) is 0. The second-order valence-electron chi connectivity index (χ2n) is 18.9. The molecular formula is C59H106O6. The van der Waals surface area contributed by atoms with Crippen LogP contribution in [-0.4, -0.2) is 37.2 Å². The predicted molar refractivity (Wildman–Crippen MR) is 279 cm³/mol. The van der Waals surface area contributed by atoms with Crippen LogP contribution in [0.25, 0.3) is 0 Å². The molecule has 1 atom stereocenters. The number of carbonyl (C=O) groups excluding carboxylic acids is 3. The maximum atomic E-state index is 12.8. The van der Waals surface area contributed by atoms with E-state index in [0.717, 1.165) is 89.9 Å². The van der Waals surface area contributed by atoms with Crippen LogP contribution < -0.4 is 0 Å². The number of ether oxygens (including phenoxy) is 3. The normalized spacial score (nSPS) is 12.4. The summed E-state index contributed by atoms with van der Waals surface area (Å²) < 4.78 is 16.8. The van der Waals surface area contributed by atoms with Gasteiger partial charge in [0.1, 0.15) is 13.2 Å². The van der Waals surface area contributed by atoms with E-state index in [1.165, 1.54) is 161 Å². The molecule has 0 aliphatic heterocycles. The lowest BCUT2D eigenvalue weighted by Gasteiger charge is -2.18. The Labute approximate surface area is 403 Å². The first-order valence-corrected chi connectivity index (χ1v) is 28.2. The fourth-order valence-electron chi connectivity index (χ4n) is 8.07. The number of hydrogen-bond acceptors (Lipinski definition) is 6. The van der Waals surface area contributed by atoms with Gasteiger partial charge in [0, 0.05) is 19.3 Å². The van der Waals surface area contributed by atoms with E-state index < -0.39 is 6.10 Å². The van der Waals surface area contributed by atoms with Gasteiger partial charge < -0.3 is 14.2 Å². The van der Waals surface area contributed by atoms with E-state index >= 15 is 0 Å². The van der Waals surface area contributed by atoms with Crippen molar-refractivity contribution >= 4 is 17.9 Å². The zero-order chi connectivity index (χ0) is 47.2. The summed E-state index contributed by atoms with van der Waals surface area (Å²) in [5.74, 6) is -0.917. The van der Waals surface area contributed by atoms with Crippen LogP contribution >= 0.6 is 0 Å². The molecule has 0 N–H and O–H groups in total. The molecule has 0 aromatic carbocycles. The van der Waals surface area contributed by atoms with Crippen molar-refractivity contribution in [3.63, 3.8) is 0 Å². The minimum absolute atomic E-state index is 0.0863. The summed E-state index contributed by atoms with van der Waals surface area (Å²) in [6.45, 7) is 6.62. The summed E-state index contributed by atoms with van der Waals surface area (Å²) in [5.41, 5.74) is 0. The lowest BCUT2D eigenvalue weighted by Crippen LogP contribution is -2.30. The van der Waals surface area contributed by atoms with Gasteiger partial charge in [0.2, 0.25) is 0 Å². The lowest BCUT2D eigenvalue weighted by atomic mass is 10.0. The maximum Gasteiger partial charge on any atom is 0.306 e. The van der Waals surface area contributed by atoms with Gasteiger partial charge in [0.05, 0.1) is 0 Å². The van der Waals surface area contributed by atoms with E-state index in [9.17, 15) is 14.4 Å². The highest BCUT2D eigenvalue weighted by molar-refractivity contribution is 5.71. The van der Waals surface area contributed by atoms with E-state index in [4.69, 9.17) is 14.2 Å². The topological polar surface area (TPSA) is 78.9 Å². The molecule has 0 bridgehead atoms. The molecule has 0 rings (SSSR count). The van der Waals surface area contributed by atoms with E-state index in [0.29, 0.717) is 19.3 Å². The Kier molecular flexibility index (Phi) is 51.8. The third-order valence-corrected chi connectivity index (χ3v) is 12.4. The van der Waals surface area contributed by atoms with E-state index in [1.54, 1.807) is 0 Å². The first-order valence-electron chi connectivity index (χ1n) is 28.2. The largest absolute Gasteiger partial charge is 0.462 e. The molecule has 0 saturated carbocycles. The summed E-state index contributed by atoms with van der Waals surface area (Å²) in [4.78, 5) is 38.1. The Morgan fingerprint density at radius 1 is 0.308 bits per heavy atom. The van der Waals surface area contributed by atoms with Crippen molar-refractivity contribution in [3.8, 4) is 0 Å². The van der Waals surface area contributed by atoms with Crippen molar-refractivity contribution in [2.45, 2.75) is 297 Å². The zero-order valence-electron chi connectivity index (χ0n) is 43.3. The number of rotatable bonds is 51. The standard InChI is InChI=1S/C59H106O6/c1-4-7-10-13-16-19-22-25-27-29-30-32-34-37-40-43-46-49-52-58(61)64-55-56(54-63-57(60)51-48-45-42-39-36-33-24-21-18-15-12-9-6-3)65-59(62)53-50-47-44-41-38-35-31-28-26-23-20-17-14-11-8-5-2/h27-32,35,38,56H,4-26,33-34,36-37,39-55H2,1-3H3/b29-27-,31-28-,32-30-,38-35-. The third kappa shape index (κ3) is 52.2. The molecule has 0 amide bonds. The van der Waals surface area contributed by atoms with E-state index in [2.05, 4.69) is 69.4 Å². The molecule has 0 spiro atoms. The minimum Gasteiger partial charge on any atom is -0.462 e. The molecule has 0 fully saturated rings. The van der Waals surface area contributed by atoms with Gasteiger partial charge in [0.15, 0.2) is 6.10 Å². The molecule has 6 nitrogen and oxygen atoms in total. The summed E-state index contributed by atoms with van der Waals surface area (Å²) in [7, 11) is 0. The monoisotopic (exact) mass is 911 g/mol. The van der Waals surface area contributed by atoms with Gasteiger partial charge in [-0.25, -0.2) is 0 Å². The Morgan fingerprint density at radius 3 is 0.831 bits per heavy atom. The predicted octanol–water partition coefficient (Wildman–Crippen LogP) is 18.7. The maximum absolute atomic E-state index is 12.8. The van der Waals surface area contributed by atoms with Crippen LogP contribution in [0.2, 0.25) is 0 Å². The minimum atomic E-state index is -0.791. The number of carbonyl (C=O) groups is 3. The zero-order valence-corrected chi connectivity index (χ0v) is 43.3. The van der Waals surface area contributed by atoms with Crippen molar-refractivity contribution in [3.05, 3.63) is 48.6 Å². The first kappa shape index (κ1) is 62.4. The van der Waals surface area contributed by atoms with Gasteiger partial charge >= 0.3 is 17.9 Å². The molecule has 0 aliphatic rings. The summed E-state index contributed by atoms with van der Waals surface area (Å²) in [6.07, 6.45) is 65.2. The Bertz CT molecular complexity index is 1140. The highest BCUT2D eigenvalue weighted by atomic mass is 16.6. The highest BCUT2D eigenvalue weighted by Crippen LogP contribution is 2.15. The van der Waals surface area contributed by atoms with Crippen molar-refractivity contribution < 1.29 is 28.6 Å². The molecule has 65 heavy (non-hydrogen) atoms. The van der Waals surface area contributed by atoms with Crippen LogP contribution in [0.5, 0.6) is 0 Å². The van der Waals surface area contributed by atoms with Gasteiger partial charge in [-0.2, -0.15) is 0 Å². The van der Waals surface area contributed by atoms with Gasteiger partial charge in [-0.15, -0.1) is 0 Å². The Balaban J connectivity index is 4.42. The van der Waals surface area contributed by atoms with Crippen molar-refractivity contribution in [2.24, 2.45) is 0 Å². The van der Waals surface area contributed by atoms with Crippen LogP contribution in [0.3, 0.4) is 0 Å². The second-order valence-corrected chi connectivity index (χ2v) is 18.9. The summed E-state index contributed by atoms with van der Waals surface area (Å²) in [6, 6.07) is 0. The Hall–Kier alpha value is -2.63. The van der Waals surface area contributed by atoms with E-state index in [-0.39, 0.29) is 31.1 Å². The van der Waals surface area contributed by atoms with Crippen molar-refractivity contribution in [1.82, 2.24) is 0 Å². The number of hydrogen-bond donors (Lipinski definition) is 0. The van der Waals surface area contributed by atoms with Crippen LogP contribution in [-0.2, 0) is 28.6 Å². The van der Waals surface area contributed by atoms with Crippen LogP contribution in [0, 0.1) is 0 Å². The molecule has 0 radical (unpaired) electrons. The molecular weight excluding hydrogens is 805 g/mol. The SMILES string of the molecule is CCCCCCCCC/C=C\C=C/CCCCCCCC(=O)OCC(COC(=O)CCCCCCCCCCCCCCC)OC(=O)CCCCC/C=C\C=C/CCCCCCCCC. The number of esters is 3. The molecule has 378 valence electrons. The van der Waals surface area contributed by atoms with E-state index in [1.807, 2.05) is 0 Å². The fourth-order valence-corrected chi connectivity index (χ4v) is 8.07. The van der Waals surface area contributed by atoms with Crippen molar-refractivity contribution in [1.29, 1.82) is 0 Å². The fraction of sp³-hybridized carbons (Fsp3) is 0.814. The first-order chi connectivity index (χ1) is 32.0. The molecule has 0 aromatic heterocycles. The van der Waals surface area contributed by atoms with Gasteiger partial charge in [-0.05, 0) is 70.6 Å². The van der Waals surface area contributed by atoms with Crippen LogP contribution in [0.1, 0.15) is 290 Å². The number of unbranched alkanes of at least 4 members (excludes halogenated alkanes) is 34. The quantitative estimate of drug-likeness (QED) is 0.0262. The van der Waals surface area contributed by atoms with Gasteiger partial charge in [-0.3, -0.25) is 14.4 Å². The molecule has 0 heterocycles. The summed E-state index contributed by atoms with van der Waals surface area (Å²) >= 11 is 0. The van der Waals surface area contributed by atoms with Crippen molar-refractivity contribution in [2.75, 3.05) is 13.2 Å². The molecule has 0 aliphatic carbocycles. The number of allylic oxidation sites excluding steroid dienone is 8. The smallest absolute Gasteiger partial charge is 0.306 e. The van der Waals surface area contributed by atoms with Crippen LogP contribution in [0.4, 0.5) is 0 Å². The second kappa shape index (κ2) is 54.0. The molecule has 1 unspecified atom stereocenters. The lowest BCUT2D eigenvalue weighted by molar-refractivity contribution is -0.167. The molecule has 0 saturated heterocycles. The van der Waals surface area contributed by atoms with Gasteiger partial charge in [-0.1, -0.05) is 249 Å². The highest BCUT2D eigenvalue weighted by Gasteiger charge is 2.19. The van der Waals surface area contributed by atoms with Crippen LogP contribution in [0.15, 0.2) is 48.6 Å². The third-order valence-electron chi connectivity index (χ3n) is 12.4. The Morgan fingerprint density at radius 2 is 0.538 bits per heavy atom. The molecule has 0 aromatic rings.